The van der Waals surface area contributed by atoms with E-state index >= 15 is 0 Å². The largest absolute Gasteiger partial charge is 0.320 e. The van der Waals surface area contributed by atoms with E-state index in [9.17, 15) is 19.3 Å². The Balaban J connectivity index is 2.08. The zero-order chi connectivity index (χ0) is 15.4. The van der Waals surface area contributed by atoms with E-state index in [1.807, 2.05) is 0 Å². The minimum absolute atomic E-state index is 0.334. The molecule has 0 atom stereocenters. The van der Waals surface area contributed by atoms with Crippen LogP contribution in [0.15, 0.2) is 35.6 Å². The molecule has 1 amide bonds. The van der Waals surface area contributed by atoms with E-state index in [1.54, 1.807) is 0 Å². The average Bonchev–Trinajstić information content (AvgIpc) is 2.83. The first-order chi connectivity index (χ1) is 9.97. The minimum Gasteiger partial charge on any atom is -0.268 e. The van der Waals surface area contributed by atoms with Crippen molar-refractivity contribution in [1.29, 1.82) is 0 Å². The van der Waals surface area contributed by atoms with Crippen LogP contribution in [0.1, 0.15) is 16.1 Å². The Morgan fingerprint density at radius 3 is 2.76 bits per heavy atom. The molecule has 0 fully saturated rings. The summed E-state index contributed by atoms with van der Waals surface area (Å²) in [6, 6.07) is 5.42. The van der Waals surface area contributed by atoms with Gasteiger partial charge in [0.25, 0.3) is 5.91 Å². The molecular weight excluding hydrogens is 281 g/mol. The van der Waals surface area contributed by atoms with Gasteiger partial charge in [0.15, 0.2) is 0 Å². The summed E-state index contributed by atoms with van der Waals surface area (Å²) in [5.41, 5.74) is 1.94. The number of hydrazone groups is 1. The van der Waals surface area contributed by atoms with E-state index in [1.165, 1.54) is 37.5 Å². The molecule has 21 heavy (non-hydrogen) atoms. The van der Waals surface area contributed by atoms with Gasteiger partial charge in [-0.15, -0.1) is 0 Å². The number of nitrogens with one attached hydrogen (secondary N) is 1. The second-order valence-electron chi connectivity index (χ2n) is 4.04. The third-order valence-electron chi connectivity index (χ3n) is 2.47. The maximum absolute atomic E-state index is 12.7. The smallest absolute Gasteiger partial charge is 0.268 e. The van der Waals surface area contributed by atoms with E-state index < -0.39 is 16.5 Å². The normalized spacial score (nSPS) is 10.8. The summed E-state index contributed by atoms with van der Waals surface area (Å²) in [6.45, 7) is 0. The standard InChI is InChI=1S/C12H10FN5O3/c1-17-7-10(18(20)21)11(16-17)12(19)15-14-6-8-2-4-9(13)5-3-8/h2-7H,1H3,(H,15,19). The third-order valence-corrected chi connectivity index (χ3v) is 2.47. The maximum Gasteiger partial charge on any atom is 0.320 e. The van der Waals surface area contributed by atoms with Crippen LogP contribution < -0.4 is 5.43 Å². The summed E-state index contributed by atoms with van der Waals surface area (Å²) in [5.74, 6) is -1.19. The van der Waals surface area contributed by atoms with Crippen molar-refractivity contribution in [3.8, 4) is 0 Å². The fourth-order valence-electron chi connectivity index (χ4n) is 1.54. The highest BCUT2D eigenvalue weighted by molar-refractivity contribution is 5.96. The van der Waals surface area contributed by atoms with Crippen LogP contribution in [0, 0.1) is 15.9 Å². The van der Waals surface area contributed by atoms with E-state index in [2.05, 4.69) is 15.6 Å². The molecule has 0 aliphatic rings. The number of hydrogen-bond donors (Lipinski definition) is 1. The van der Waals surface area contributed by atoms with Gasteiger partial charge in [-0.1, -0.05) is 12.1 Å². The second-order valence-corrected chi connectivity index (χ2v) is 4.04. The van der Waals surface area contributed by atoms with Crippen molar-refractivity contribution in [2.24, 2.45) is 12.1 Å². The zero-order valence-corrected chi connectivity index (χ0v) is 10.9. The molecular formula is C12H10FN5O3. The molecule has 1 heterocycles. The number of hydrogen-bond acceptors (Lipinski definition) is 5. The number of aromatic nitrogens is 2. The van der Waals surface area contributed by atoms with Crippen molar-refractivity contribution in [1.82, 2.24) is 15.2 Å². The lowest BCUT2D eigenvalue weighted by atomic mass is 10.2. The molecule has 8 nitrogen and oxygen atoms in total. The molecule has 0 saturated carbocycles. The van der Waals surface area contributed by atoms with Gasteiger partial charge in [-0.3, -0.25) is 19.6 Å². The van der Waals surface area contributed by atoms with Gasteiger partial charge in [-0.25, -0.2) is 9.82 Å². The number of carbonyl (C=O) groups is 1. The Hall–Kier alpha value is -3.10. The van der Waals surface area contributed by atoms with Gasteiger partial charge in [0.2, 0.25) is 5.69 Å². The number of nitrogens with zero attached hydrogens (tertiary/aromatic N) is 4. The monoisotopic (exact) mass is 291 g/mol. The number of amides is 1. The van der Waals surface area contributed by atoms with Gasteiger partial charge in [-0.05, 0) is 17.7 Å². The Morgan fingerprint density at radius 1 is 1.48 bits per heavy atom. The highest BCUT2D eigenvalue weighted by Gasteiger charge is 2.24. The lowest BCUT2D eigenvalue weighted by Crippen LogP contribution is -2.19. The minimum atomic E-state index is -0.805. The molecule has 1 N–H and O–H groups in total. The van der Waals surface area contributed by atoms with Crippen LogP contribution in [-0.4, -0.2) is 26.8 Å². The highest BCUT2D eigenvalue weighted by atomic mass is 19.1. The van der Waals surface area contributed by atoms with Gasteiger partial charge in [0, 0.05) is 7.05 Å². The number of benzene rings is 1. The van der Waals surface area contributed by atoms with Crippen molar-refractivity contribution in [2.45, 2.75) is 0 Å². The van der Waals surface area contributed by atoms with Crippen LogP contribution in [0.4, 0.5) is 10.1 Å². The van der Waals surface area contributed by atoms with E-state index in [-0.39, 0.29) is 11.5 Å². The molecule has 2 rings (SSSR count). The van der Waals surface area contributed by atoms with Crippen LogP contribution in [0.5, 0.6) is 0 Å². The lowest BCUT2D eigenvalue weighted by molar-refractivity contribution is -0.385. The molecule has 0 spiro atoms. The zero-order valence-electron chi connectivity index (χ0n) is 10.9. The van der Waals surface area contributed by atoms with E-state index in [0.717, 1.165) is 10.9 Å². The Kier molecular flexibility index (Phi) is 4.02. The molecule has 0 unspecified atom stereocenters. The van der Waals surface area contributed by atoms with Crippen molar-refractivity contribution in [3.05, 3.63) is 57.7 Å². The van der Waals surface area contributed by atoms with Crippen LogP contribution >= 0.6 is 0 Å². The van der Waals surface area contributed by atoms with Gasteiger partial charge in [0.05, 0.1) is 11.1 Å². The first kappa shape index (κ1) is 14.3. The molecule has 1 aromatic heterocycles. The van der Waals surface area contributed by atoms with Crippen molar-refractivity contribution < 1.29 is 14.1 Å². The first-order valence-corrected chi connectivity index (χ1v) is 5.74. The molecule has 9 heteroatoms. The molecule has 0 aliphatic carbocycles. The summed E-state index contributed by atoms with van der Waals surface area (Å²) in [6.07, 6.45) is 2.41. The summed E-state index contributed by atoms with van der Waals surface area (Å²) in [4.78, 5) is 21.8. The fraction of sp³-hybridized carbons (Fsp3) is 0.0833. The molecule has 0 radical (unpaired) electrons. The lowest BCUT2D eigenvalue weighted by Gasteiger charge is -1.96. The van der Waals surface area contributed by atoms with Crippen molar-refractivity contribution >= 4 is 17.8 Å². The summed E-state index contributed by atoms with van der Waals surface area (Å²) in [7, 11) is 1.46. The predicted octanol–water partition coefficient (Wildman–Crippen LogP) is 1.23. The van der Waals surface area contributed by atoms with Crippen LogP contribution in [0.3, 0.4) is 0 Å². The Bertz CT molecular complexity index is 708. The van der Waals surface area contributed by atoms with Crippen molar-refractivity contribution in [2.75, 3.05) is 0 Å². The highest BCUT2D eigenvalue weighted by Crippen LogP contribution is 2.15. The molecule has 108 valence electrons. The number of aryl methyl sites for hydroxylation is 1. The van der Waals surface area contributed by atoms with Crippen LogP contribution in [0.25, 0.3) is 0 Å². The SMILES string of the molecule is Cn1cc([N+](=O)[O-])c(C(=O)NN=Cc2ccc(F)cc2)n1. The first-order valence-electron chi connectivity index (χ1n) is 5.74. The average molecular weight is 291 g/mol. The molecule has 1 aromatic carbocycles. The van der Waals surface area contributed by atoms with Crippen LogP contribution in [-0.2, 0) is 7.05 Å². The Labute approximate surface area is 118 Å². The van der Waals surface area contributed by atoms with Crippen LogP contribution in [0.2, 0.25) is 0 Å². The van der Waals surface area contributed by atoms with Gasteiger partial charge >= 0.3 is 5.69 Å². The second kappa shape index (κ2) is 5.90. The predicted molar refractivity (Wildman–Crippen MR) is 71.3 cm³/mol. The molecule has 2 aromatic rings. The Morgan fingerprint density at radius 2 is 2.14 bits per heavy atom. The molecule has 0 bridgehead atoms. The van der Waals surface area contributed by atoms with E-state index in [4.69, 9.17) is 0 Å². The fourth-order valence-corrected chi connectivity index (χ4v) is 1.54. The quantitative estimate of drug-likeness (QED) is 0.520. The number of carbonyl (C=O) groups excluding carboxylic acids is 1. The third kappa shape index (κ3) is 3.47. The van der Waals surface area contributed by atoms with E-state index in [0.29, 0.717) is 5.56 Å². The van der Waals surface area contributed by atoms with Gasteiger partial charge in [0.1, 0.15) is 12.0 Å². The number of nitro groups is 1. The molecule has 0 saturated heterocycles. The topological polar surface area (TPSA) is 102 Å². The maximum atomic E-state index is 12.7. The van der Waals surface area contributed by atoms with Crippen molar-refractivity contribution in [3.63, 3.8) is 0 Å². The van der Waals surface area contributed by atoms with Gasteiger partial charge < -0.3 is 0 Å². The van der Waals surface area contributed by atoms with Gasteiger partial charge in [-0.2, -0.15) is 10.2 Å². The number of halogens is 1. The molecule has 0 aliphatic heterocycles. The number of rotatable bonds is 4. The summed E-state index contributed by atoms with van der Waals surface area (Å²) in [5, 5.41) is 18.1. The summed E-state index contributed by atoms with van der Waals surface area (Å²) >= 11 is 0. The summed E-state index contributed by atoms with van der Waals surface area (Å²) < 4.78 is 13.9.